The lowest BCUT2D eigenvalue weighted by Gasteiger charge is -2.27. The SMILES string of the molecule is O=C1CCc2c(nc(Cl)[nH]c2=O)N1C1CC1. The van der Waals surface area contributed by atoms with Crippen LogP contribution in [0.25, 0.3) is 0 Å². The van der Waals surface area contributed by atoms with E-state index in [2.05, 4.69) is 9.97 Å². The first-order valence-electron chi connectivity index (χ1n) is 5.27. The van der Waals surface area contributed by atoms with Crippen molar-refractivity contribution in [3.05, 3.63) is 21.2 Å². The van der Waals surface area contributed by atoms with Gasteiger partial charge in [0.15, 0.2) is 0 Å². The summed E-state index contributed by atoms with van der Waals surface area (Å²) in [7, 11) is 0. The Morgan fingerprint density at radius 2 is 2.06 bits per heavy atom. The van der Waals surface area contributed by atoms with Crippen molar-refractivity contribution < 1.29 is 4.79 Å². The third kappa shape index (κ3) is 1.43. The van der Waals surface area contributed by atoms with Crippen molar-refractivity contribution in [3.63, 3.8) is 0 Å². The van der Waals surface area contributed by atoms with E-state index in [0.717, 1.165) is 12.8 Å². The Hall–Kier alpha value is -1.36. The molecule has 0 aromatic carbocycles. The second-order valence-corrected chi connectivity index (χ2v) is 4.51. The summed E-state index contributed by atoms with van der Waals surface area (Å²) in [4.78, 5) is 31.6. The van der Waals surface area contributed by atoms with E-state index in [1.165, 1.54) is 0 Å². The van der Waals surface area contributed by atoms with Gasteiger partial charge in [0, 0.05) is 12.5 Å². The lowest BCUT2D eigenvalue weighted by Crippen LogP contribution is -2.40. The summed E-state index contributed by atoms with van der Waals surface area (Å²) in [5.74, 6) is 0.511. The van der Waals surface area contributed by atoms with Gasteiger partial charge >= 0.3 is 0 Å². The highest BCUT2D eigenvalue weighted by Crippen LogP contribution is 2.35. The average molecular weight is 240 g/mol. The van der Waals surface area contributed by atoms with Crippen LogP contribution in [-0.2, 0) is 11.2 Å². The minimum atomic E-state index is -0.229. The number of rotatable bonds is 1. The fraction of sp³-hybridized carbons (Fsp3) is 0.500. The van der Waals surface area contributed by atoms with E-state index in [4.69, 9.17) is 11.6 Å². The highest BCUT2D eigenvalue weighted by atomic mass is 35.5. The highest BCUT2D eigenvalue weighted by molar-refractivity contribution is 6.28. The Kier molecular flexibility index (Phi) is 2.04. The minimum absolute atomic E-state index is 0.0455. The van der Waals surface area contributed by atoms with Gasteiger partial charge in [0.2, 0.25) is 11.2 Å². The molecular weight excluding hydrogens is 230 g/mol. The van der Waals surface area contributed by atoms with Crippen LogP contribution in [0.2, 0.25) is 5.28 Å². The van der Waals surface area contributed by atoms with Gasteiger partial charge in [-0.1, -0.05) is 0 Å². The topological polar surface area (TPSA) is 66.1 Å². The molecule has 1 aliphatic carbocycles. The molecule has 0 spiro atoms. The fourth-order valence-corrected chi connectivity index (χ4v) is 2.23. The van der Waals surface area contributed by atoms with Crippen molar-refractivity contribution in [2.75, 3.05) is 4.90 Å². The van der Waals surface area contributed by atoms with Crippen LogP contribution in [0.1, 0.15) is 24.8 Å². The molecule has 16 heavy (non-hydrogen) atoms. The Balaban J connectivity index is 2.18. The second-order valence-electron chi connectivity index (χ2n) is 4.15. The summed E-state index contributed by atoms with van der Waals surface area (Å²) in [5.41, 5.74) is 0.351. The standard InChI is InChI=1S/C10H10ClN3O2/c11-10-12-8-6(9(16)13-10)3-4-7(15)14(8)5-1-2-5/h5H,1-4H2,(H,12,13,16). The molecule has 1 aliphatic heterocycles. The van der Waals surface area contributed by atoms with Crippen LogP contribution < -0.4 is 10.5 Å². The largest absolute Gasteiger partial charge is 0.297 e. The van der Waals surface area contributed by atoms with E-state index >= 15 is 0 Å². The van der Waals surface area contributed by atoms with Crippen LogP contribution in [0.4, 0.5) is 5.82 Å². The molecule has 1 amide bonds. The van der Waals surface area contributed by atoms with Gasteiger partial charge in [0.1, 0.15) is 5.82 Å². The van der Waals surface area contributed by atoms with Crippen molar-refractivity contribution in [1.29, 1.82) is 0 Å². The highest BCUT2D eigenvalue weighted by Gasteiger charge is 2.38. The smallest absolute Gasteiger partial charge is 0.257 e. The summed E-state index contributed by atoms with van der Waals surface area (Å²) in [6.07, 6.45) is 2.81. The number of nitrogens with one attached hydrogen (secondary N) is 1. The monoisotopic (exact) mass is 239 g/mol. The van der Waals surface area contributed by atoms with E-state index in [9.17, 15) is 9.59 Å². The number of hydrogen-bond acceptors (Lipinski definition) is 3. The average Bonchev–Trinajstić information content (AvgIpc) is 3.00. The number of aromatic amines is 1. The number of hydrogen-bond donors (Lipinski definition) is 1. The Bertz CT molecular complexity index is 521. The van der Waals surface area contributed by atoms with Crippen molar-refractivity contribution >= 4 is 23.3 Å². The zero-order chi connectivity index (χ0) is 11.3. The van der Waals surface area contributed by atoms with Crippen LogP contribution in [-0.4, -0.2) is 21.9 Å². The molecule has 1 N–H and O–H groups in total. The number of fused-ring (bicyclic) bond motifs is 1. The molecule has 3 rings (SSSR count). The van der Waals surface area contributed by atoms with Crippen molar-refractivity contribution in [2.24, 2.45) is 0 Å². The van der Waals surface area contributed by atoms with Crippen LogP contribution >= 0.6 is 11.6 Å². The van der Waals surface area contributed by atoms with Gasteiger partial charge in [0.25, 0.3) is 5.56 Å². The molecule has 2 heterocycles. The predicted octanol–water partition coefficient (Wildman–Crippen LogP) is 0.865. The molecule has 0 bridgehead atoms. The maximum atomic E-state index is 11.8. The number of aromatic nitrogens is 2. The summed E-state index contributed by atoms with van der Waals surface area (Å²) < 4.78 is 0. The van der Waals surface area contributed by atoms with Crippen LogP contribution in [0.3, 0.4) is 0 Å². The summed E-state index contributed by atoms with van der Waals surface area (Å²) in [6.45, 7) is 0. The molecule has 0 unspecified atom stereocenters. The number of anilines is 1. The van der Waals surface area contributed by atoms with Gasteiger partial charge in [-0.3, -0.25) is 19.5 Å². The van der Waals surface area contributed by atoms with Crippen LogP contribution in [0.5, 0.6) is 0 Å². The summed E-state index contributed by atoms with van der Waals surface area (Å²) in [5, 5.41) is 0.0455. The number of carbonyl (C=O) groups is 1. The third-order valence-corrected chi connectivity index (χ3v) is 3.14. The van der Waals surface area contributed by atoms with E-state index in [-0.39, 0.29) is 22.8 Å². The lowest BCUT2D eigenvalue weighted by atomic mass is 10.1. The van der Waals surface area contributed by atoms with Gasteiger partial charge in [-0.25, -0.2) is 4.98 Å². The van der Waals surface area contributed by atoms with Gasteiger partial charge in [-0.05, 0) is 30.9 Å². The van der Waals surface area contributed by atoms with Crippen molar-refractivity contribution in [1.82, 2.24) is 9.97 Å². The minimum Gasteiger partial charge on any atom is -0.297 e. The third-order valence-electron chi connectivity index (χ3n) is 2.96. The summed E-state index contributed by atoms with van der Waals surface area (Å²) in [6, 6.07) is 0.219. The fourth-order valence-electron chi connectivity index (χ4n) is 2.06. The zero-order valence-corrected chi connectivity index (χ0v) is 9.25. The van der Waals surface area contributed by atoms with Gasteiger partial charge in [0.05, 0.1) is 5.56 Å². The normalized spacial score (nSPS) is 19.8. The Morgan fingerprint density at radius 3 is 2.75 bits per heavy atom. The molecule has 5 nitrogen and oxygen atoms in total. The van der Waals surface area contributed by atoms with Gasteiger partial charge < -0.3 is 0 Å². The molecule has 0 atom stereocenters. The van der Waals surface area contributed by atoms with Crippen molar-refractivity contribution in [3.8, 4) is 0 Å². The van der Waals surface area contributed by atoms with Crippen LogP contribution in [0.15, 0.2) is 4.79 Å². The first kappa shape index (κ1) is 9.84. The maximum Gasteiger partial charge on any atom is 0.257 e. The molecule has 84 valence electrons. The number of carbonyl (C=O) groups excluding carboxylic acids is 1. The number of halogens is 1. The van der Waals surface area contributed by atoms with Crippen LogP contribution in [0, 0.1) is 0 Å². The molecule has 1 saturated carbocycles. The quantitative estimate of drug-likeness (QED) is 0.740. The van der Waals surface area contributed by atoms with Gasteiger partial charge in [-0.15, -0.1) is 0 Å². The molecule has 2 aliphatic rings. The molecule has 6 heteroatoms. The number of nitrogens with zero attached hydrogens (tertiary/aromatic N) is 2. The zero-order valence-electron chi connectivity index (χ0n) is 8.49. The first-order chi connectivity index (χ1) is 7.66. The predicted molar refractivity (Wildman–Crippen MR) is 58.7 cm³/mol. The van der Waals surface area contributed by atoms with E-state index in [1.54, 1.807) is 4.90 Å². The van der Waals surface area contributed by atoms with Crippen molar-refractivity contribution in [2.45, 2.75) is 31.7 Å². The molecular formula is C10H10ClN3O2. The number of H-pyrrole nitrogens is 1. The first-order valence-corrected chi connectivity index (χ1v) is 5.65. The summed E-state index contributed by atoms with van der Waals surface area (Å²) >= 11 is 5.72. The van der Waals surface area contributed by atoms with E-state index in [1.807, 2.05) is 0 Å². The molecule has 1 fully saturated rings. The number of amides is 1. The van der Waals surface area contributed by atoms with Gasteiger partial charge in [-0.2, -0.15) is 0 Å². The van der Waals surface area contributed by atoms with E-state index in [0.29, 0.717) is 24.2 Å². The molecule has 0 saturated heterocycles. The second kappa shape index (κ2) is 3.31. The molecule has 1 aromatic heterocycles. The lowest BCUT2D eigenvalue weighted by molar-refractivity contribution is -0.119. The Labute approximate surface area is 96.4 Å². The molecule has 0 radical (unpaired) electrons. The molecule has 1 aromatic rings. The maximum absolute atomic E-state index is 11.8. The van der Waals surface area contributed by atoms with E-state index < -0.39 is 0 Å². The Morgan fingerprint density at radius 1 is 1.31 bits per heavy atom.